The van der Waals surface area contributed by atoms with Crippen molar-refractivity contribution in [2.45, 2.75) is 32.9 Å². The number of aliphatic imine (C=N–C) groups is 1. The van der Waals surface area contributed by atoms with Gasteiger partial charge in [-0.1, -0.05) is 17.7 Å². The van der Waals surface area contributed by atoms with Crippen LogP contribution in [0.2, 0.25) is 5.02 Å². The van der Waals surface area contributed by atoms with Crippen molar-refractivity contribution >= 4 is 58.0 Å². The molecule has 1 aromatic carbocycles. The van der Waals surface area contributed by atoms with Gasteiger partial charge in [0.2, 0.25) is 0 Å². The molecule has 0 amide bonds. The van der Waals surface area contributed by atoms with Crippen molar-refractivity contribution in [3.63, 3.8) is 0 Å². The molecule has 0 aliphatic carbocycles. The smallest absolute Gasteiger partial charge is 0.338 e. The number of rotatable bonds is 9. The summed E-state index contributed by atoms with van der Waals surface area (Å²) >= 11 is 13.3. The predicted molar refractivity (Wildman–Crippen MR) is 162 cm³/mol. The lowest BCUT2D eigenvalue weighted by Crippen LogP contribution is -2.53. The zero-order valence-corrected chi connectivity index (χ0v) is 26.2. The number of carboxylic acids is 1. The van der Waals surface area contributed by atoms with E-state index in [0.29, 0.717) is 47.8 Å². The summed E-state index contributed by atoms with van der Waals surface area (Å²) < 4.78 is 34.0. The Morgan fingerprint density at radius 2 is 2.05 bits per heavy atom. The van der Waals surface area contributed by atoms with Crippen LogP contribution in [0.1, 0.15) is 37.4 Å². The average Bonchev–Trinajstić information content (AvgIpc) is 3.60. The van der Waals surface area contributed by atoms with Gasteiger partial charge in [-0.25, -0.2) is 18.6 Å². The van der Waals surface area contributed by atoms with Crippen molar-refractivity contribution in [1.29, 1.82) is 0 Å². The minimum Gasteiger partial charge on any atom is -0.481 e. The largest absolute Gasteiger partial charge is 0.481 e. The van der Waals surface area contributed by atoms with Crippen molar-refractivity contribution in [2.75, 3.05) is 45.9 Å². The number of carbonyl (C=O) groups is 2. The molecule has 2 atom stereocenters. The quantitative estimate of drug-likeness (QED) is 0.237. The molecule has 43 heavy (non-hydrogen) atoms. The van der Waals surface area contributed by atoms with E-state index in [9.17, 15) is 23.5 Å². The highest BCUT2D eigenvalue weighted by Gasteiger charge is 2.42. The highest BCUT2D eigenvalue weighted by atomic mass is 35.5. The number of esters is 1. The van der Waals surface area contributed by atoms with E-state index >= 15 is 0 Å². The van der Waals surface area contributed by atoms with Crippen LogP contribution in [0.4, 0.5) is 8.78 Å². The molecule has 15 heteroatoms. The standard InChI is InChI=1S/C28H31ClF2N6O4S2/c1-4-41-25(38)19-18(13-35-8-9-37-15(11-35)12-36(27(37)42)14-28(2,3)26(39)40)33-23(24-32-7-10-43-24)34-22(19)16-5-6-17(30)21(31)20(16)29/h5-7,10,15,22H,4,8-9,11-14H2,1-3H3,(H,33,34)(H,39,40)/t15-,22-/m0/s1. The van der Waals surface area contributed by atoms with Gasteiger partial charge >= 0.3 is 11.9 Å². The number of nitrogens with one attached hydrogen (secondary N) is 1. The van der Waals surface area contributed by atoms with Crippen LogP contribution in [-0.2, 0) is 14.3 Å². The van der Waals surface area contributed by atoms with Crippen molar-refractivity contribution in [1.82, 2.24) is 25.0 Å². The molecular formula is C28H31ClF2N6O4S2. The maximum Gasteiger partial charge on any atom is 0.338 e. The first-order valence-corrected chi connectivity index (χ1v) is 15.4. The number of carboxylic acid groups (broad SMARTS) is 1. The minimum atomic E-state index is -1.22. The van der Waals surface area contributed by atoms with E-state index in [2.05, 4.69) is 20.1 Å². The summed E-state index contributed by atoms with van der Waals surface area (Å²) in [5.74, 6) is -3.51. The van der Waals surface area contributed by atoms with Gasteiger partial charge in [-0.2, -0.15) is 0 Å². The molecule has 0 radical (unpaired) electrons. The van der Waals surface area contributed by atoms with E-state index in [-0.39, 0.29) is 36.9 Å². The zero-order valence-electron chi connectivity index (χ0n) is 23.8. The number of fused-ring (bicyclic) bond motifs is 1. The van der Waals surface area contributed by atoms with Crippen LogP contribution in [0.5, 0.6) is 0 Å². The second-order valence-electron chi connectivity index (χ2n) is 11.2. The lowest BCUT2D eigenvalue weighted by atomic mass is 9.93. The van der Waals surface area contributed by atoms with Crippen LogP contribution in [0.3, 0.4) is 0 Å². The Morgan fingerprint density at radius 1 is 1.28 bits per heavy atom. The molecule has 0 unspecified atom stereocenters. The summed E-state index contributed by atoms with van der Waals surface area (Å²) in [6.45, 7) is 8.08. The van der Waals surface area contributed by atoms with E-state index in [1.807, 2.05) is 4.90 Å². The number of benzene rings is 1. The number of hydrogen-bond donors (Lipinski definition) is 2. The molecule has 3 aliphatic heterocycles. The van der Waals surface area contributed by atoms with Gasteiger partial charge in [0.1, 0.15) is 6.04 Å². The number of ether oxygens (including phenoxy) is 1. The van der Waals surface area contributed by atoms with Crippen molar-refractivity contribution < 1.29 is 28.2 Å². The molecule has 230 valence electrons. The van der Waals surface area contributed by atoms with E-state index in [1.54, 1.807) is 32.3 Å². The molecule has 1 aromatic heterocycles. The highest BCUT2D eigenvalue weighted by Crippen LogP contribution is 2.38. The molecular weight excluding hydrogens is 622 g/mol. The normalized spacial score (nSPS) is 21.1. The molecule has 0 spiro atoms. The summed E-state index contributed by atoms with van der Waals surface area (Å²) in [5.41, 5.74) is -0.211. The number of thiazole rings is 1. The minimum absolute atomic E-state index is 0.0182. The van der Waals surface area contributed by atoms with Crippen LogP contribution < -0.4 is 5.32 Å². The number of piperazine rings is 1. The summed E-state index contributed by atoms with van der Waals surface area (Å²) in [5, 5.41) is 15.4. The fraction of sp³-hybridized carbons (Fsp3) is 0.464. The first kappa shape index (κ1) is 31.2. The van der Waals surface area contributed by atoms with Crippen LogP contribution >= 0.6 is 35.2 Å². The van der Waals surface area contributed by atoms with Gasteiger partial charge in [-0.15, -0.1) is 11.3 Å². The fourth-order valence-corrected chi connectivity index (χ4v) is 6.71. The zero-order chi connectivity index (χ0) is 31.1. The Labute approximate surface area is 262 Å². The van der Waals surface area contributed by atoms with Gasteiger partial charge in [0.05, 0.1) is 28.7 Å². The molecule has 10 nitrogen and oxygen atoms in total. The van der Waals surface area contributed by atoms with E-state index in [0.717, 1.165) is 6.07 Å². The summed E-state index contributed by atoms with van der Waals surface area (Å²) in [6, 6.07) is 1.22. The van der Waals surface area contributed by atoms with Crippen LogP contribution in [0.15, 0.2) is 40.0 Å². The fourth-order valence-electron chi connectivity index (χ4n) is 5.48. The SMILES string of the molecule is CCOC(=O)C1=C(CN2CCN3C(=S)N(CC(C)(C)C(=O)O)C[C@@H]3C2)NC(c2nccs2)=N[C@H]1c1ccc(F)c(F)c1Cl. The second-order valence-corrected chi connectivity index (χ2v) is 12.8. The second kappa shape index (κ2) is 12.4. The average molecular weight is 653 g/mol. The first-order valence-electron chi connectivity index (χ1n) is 13.7. The molecule has 5 rings (SSSR count). The van der Waals surface area contributed by atoms with Gasteiger partial charge in [-0.05, 0) is 39.1 Å². The van der Waals surface area contributed by atoms with E-state index in [1.165, 1.54) is 17.4 Å². The van der Waals surface area contributed by atoms with Crippen molar-refractivity contribution in [3.05, 3.63) is 62.2 Å². The lowest BCUT2D eigenvalue weighted by Gasteiger charge is -2.38. The Kier molecular flexibility index (Phi) is 9.02. The Morgan fingerprint density at radius 3 is 2.72 bits per heavy atom. The van der Waals surface area contributed by atoms with Crippen LogP contribution in [0, 0.1) is 17.0 Å². The van der Waals surface area contributed by atoms with Crippen molar-refractivity contribution in [3.8, 4) is 0 Å². The highest BCUT2D eigenvalue weighted by molar-refractivity contribution is 7.80. The molecule has 3 aliphatic rings. The van der Waals surface area contributed by atoms with Gasteiger partial charge in [0.15, 0.2) is 27.6 Å². The number of amidine groups is 1. The van der Waals surface area contributed by atoms with Crippen molar-refractivity contribution in [2.24, 2.45) is 10.4 Å². The third-order valence-corrected chi connectivity index (χ3v) is 9.33. The third-order valence-electron chi connectivity index (χ3n) is 7.68. The molecule has 0 bridgehead atoms. The number of thiocarbonyl (C=S) groups is 1. The third kappa shape index (κ3) is 6.24. The van der Waals surface area contributed by atoms with E-state index in [4.69, 9.17) is 33.5 Å². The Hall–Kier alpha value is -3.20. The van der Waals surface area contributed by atoms with Gasteiger partial charge in [0, 0.05) is 62.1 Å². The van der Waals surface area contributed by atoms with Gasteiger partial charge in [0.25, 0.3) is 0 Å². The number of hydrogen-bond acceptors (Lipinski definition) is 9. The van der Waals surface area contributed by atoms with Crippen LogP contribution in [0.25, 0.3) is 0 Å². The summed E-state index contributed by atoms with van der Waals surface area (Å²) in [7, 11) is 0. The molecule has 2 saturated heterocycles. The maximum atomic E-state index is 14.6. The summed E-state index contributed by atoms with van der Waals surface area (Å²) in [4.78, 5) is 40.4. The number of carbonyl (C=O) groups excluding carboxylic acids is 1. The number of halogens is 3. The monoisotopic (exact) mass is 652 g/mol. The summed E-state index contributed by atoms with van der Waals surface area (Å²) in [6.07, 6.45) is 1.62. The Bertz CT molecular complexity index is 1500. The van der Waals surface area contributed by atoms with E-state index < -0.39 is 40.1 Å². The first-order chi connectivity index (χ1) is 20.4. The molecule has 4 heterocycles. The Balaban J connectivity index is 1.47. The molecule has 0 saturated carbocycles. The predicted octanol–water partition coefficient (Wildman–Crippen LogP) is 3.68. The lowest BCUT2D eigenvalue weighted by molar-refractivity contribution is -0.147. The van der Waals surface area contributed by atoms with Crippen LogP contribution in [-0.4, -0.2) is 99.6 Å². The number of nitrogens with zero attached hydrogens (tertiary/aromatic N) is 5. The maximum absolute atomic E-state index is 14.6. The molecule has 2 aromatic rings. The van der Waals surface area contributed by atoms with Gasteiger partial charge < -0.3 is 25.0 Å². The number of aliphatic carboxylic acids is 1. The van der Waals surface area contributed by atoms with Gasteiger partial charge in [-0.3, -0.25) is 14.7 Å². The molecule has 2 fully saturated rings. The topological polar surface area (TPSA) is 111 Å². The number of aromatic nitrogens is 1. The molecule has 2 N–H and O–H groups in total.